The topological polar surface area (TPSA) is 42.0 Å². The second-order valence-corrected chi connectivity index (χ2v) is 6.88. The molecule has 1 aromatic heterocycles. The lowest BCUT2D eigenvalue weighted by Crippen LogP contribution is -2.15. The second kappa shape index (κ2) is 7.06. The number of halogens is 1. The van der Waals surface area contributed by atoms with Crippen molar-refractivity contribution in [2.75, 3.05) is 5.32 Å². The number of hydrogen-bond donors (Lipinski definition) is 1. The Bertz CT molecular complexity index is 1060. The predicted octanol–water partition coefficient (Wildman–Crippen LogP) is 5.28. The Morgan fingerprint density at radius 2 is 1.69 bits per heavy atom. The Morgan fingerprint density at radius 1 is 0.962 bits per heavy atom. The second-order valence-electron chi connectivity index (χ2n) is 5.85. The number of benzene rings is 3. The monoisotopic (exact) mass is 362 g/mol. The van der Waals surface area contributed by atoms with Crippen LogP contribution in [0.4, 0.5) is 10.1 Å². The first-order valence-corrected chi connectivity index (χ1v) is 9.00. The number of hydrogen-bond acceptors (Lipinski definition) is 3. The Kier molecular flexibility index (Phi) is 4.46. The van der Waals surface area contributed by atoms with Crippen molar-refractivity contribution in [1.29, 1.82) is 0 Å². The fourth-order valence-corrected chi connectivity index (χ4v) is 3.78. The molecule has 5 heteroatoms. The molecule has 0 saturated carbocycles. The van der Waals surface area contributed by atoms with Crippen LogP contribution < -0.4 is 5.32 Å². The van der Waals surface area contributed by atoms with Gasteiger partial charge >= 0.3 is 0 Å². The lowest BCUT2D eigenvalue weighted by atomic mass is 10.1. The van der Waals surface area contributed by atoms with Gasteiger partial charge in [0.05, 0.1) is 22.3 Å². The van der Waals surface area contributed by atoms with Gasteiger partial charge in [0.25, 0.3) is 0 Å². The summed E-state index contributed by atoms with van der Waals surface area (Å²) in [5.74, 6) is -0.634. The quantitative estimate of drug-likeness (QED) is 0.536. The van der Waals surface area contributed by atoms with E-state index in [1.807, 2.05) is 48.5 Å². The minimum Gasteiger partial charge on any atom is -0.325 e. The number of nitrogens with one attached hydrogen (secondary N) is 1. The molecule has 4 aromatic rings. The molecule has 0 unspecified atom stereocenters. The molecule has 0 aliphatic heterocycles. The molecule has 0 aliphatic rings. The van der Waals surface area contributed by atoms with E-state index in [4.69, 9.17) is 0 Å². The standard InChI is InChI=1S/C21H15FN2OS/c22-16-9-3-1-7-14(16)13-20(25)23-17-10-4-2-8-15(17)21-24-18-11-5-6-12-19(18)26-21/h1-12H,13H2,(H,23,25). The van der Waals surface area contributed by atoms with Crippen LogP contribution in [0.5, 0.6) is 0 Å². The summed E-state index contributed by atoms with van der Waals surface area (Å²) in [5, 5.41) is 3.73. The van der Waals surface area contributed by atoms with Crippen LogP contribution in [-0.4, -0.2) is 10.9 Å². The van der Waals surface area contributed by atoms with Crippen LogP contribution in [0.25, 0.3) is 20.8 Å². The first kappa shape index (κ1) is 16.4. The first-order chi connectivity index (χ1) is 12.7. The maximum absolute atomic E-state index is 13.8. The van der Waals surface area contributed by atoms with Crippen molar-refractivity contribution in [1.82, 2.24) is 4.98 Å². The number of anilines is 1. The number of aromatic nitrogens is 1. The van der Waals surface area contributed by atoms with Crippen molar-refractivity contribution in [3.63, 3.8) is 0 Å². The van der Waals surface area contributed by atoms with Crippen molar-refractivity contribution >= 4 is 33.1 Å². The molecule has 26 heavy (non-hydrogen) atoms. The van der Waals surface area contributed by atoms with Gasteiger partial charge in [0.2, 0.25) is 5.91 Å². The largest absolute Gasteiger partial charge is 0.325 e. The van der Waals surface area contributed by atoms with Crippen LogP contribution in [0.1, 0.15) is 5.56 Å². The summed E-state index contributed by atoms with van der Waals surface area (Å²) in [4.78, 5) is 17.1. The number of fused-ring (bicyclic) bond motifs is 1. The average molecular weight is 362 g/mol. The lowest BCUT2D eigenvalue weighted by molar-refractivity contribution is -0.115. The van der Waals surface area contributed by atoms with E-state index in [0.29, 0.717) is 11.3 Å². The van der Waals surface area contributed by atoms with Gasteiger partial charge in [-0.25, -0.2) is 9.37 Å². The Hall–Kier alpha value is -3.05. The molecular weight excluding hydrogens is 347 g/mol. The maximum Gasteiger partial charge on any atom is 0.228 e. The number of rotatable bonds is 4. The highest BCUT2D eigenvalue weighted by molar-refractivity contribution is 7.21. The number of para-hydroxylation sites is 2. The van der Waals surface area contributed by atoms with Crippen LogP contribution in [0, 0.1) is 5.82 Å². The van der Waals surface area contributed by atoms with Gasteiger partial charge in [-0.3, -0.25) is 4.79 Å². The van der Waals surface area contributed by atoms with E-state index < -0.39 is 0 Å². The van der Waals surface area contributed by atoms with Crippen molar-refractivity contribution in [3.8, 4) is 10.6 Å². The van der Waals surface area contributed by atoms with Crippen LogP contribution in [0.2, 0.25) is 0 Å². The van der Waals surface area contributed by atoms with E-state index >= 15 is 0 Å². The van der Waals surface area contributed by atoms with Gasteiger partial charge in [-0.2, -0.15) is 0 Å². The Balaban J connectivity index is 1.61. The predicted molar refractivity (Wildman–Crippen MR) is 104 cm³/mol. The summed E-state index contributed by atoms with van der Waals surface area (Å²) in [7, 11) is 0. The van der Waals surface area contributed by atoms with E-state index in [-0.39, 0.29) is 18.1 Å². The van der Waals surface area contributed by atoms with Crippen molar-refractivity contribution < 1.29 is 9.18 Å². The summed E-state index contributed by atoms with van der Waals surface area (Å²) >= 11 is 1.58. The van der Waals surface area contributed by atoms with Gasteiger partial charge in [-0.1, -0.05) is 42.5 Å². The number of thiazole rings is 1. The molecule has 0 saturated heterocycles. The zero-order chi connectivity index (χ0) is 17.9. The fourth-order valence-electron chi connectivity index (χ4n) is 2.78. The van der Waals surface area contributed by atoms with Gasteiger partial charge < -0.3 is 5.32 Å². The lowest BCUT2D eigenvalue weighted by Gasteiger charge is -2.09. The van der Waals surface area contributed by atoms with Crippen molar-refractivity contribution in [2.24, 2.45) is 0 Å². The summed E-state index contributed by atoms with van der Waals surface area (Å²) in [6.07, 6.45) is -0.0130. The highest BCUT2D eigenvalue weighted by Crippen LogP contribution is 2.34. The van der Waals surface area contributed by atoms with Gasteiger partial charge in [-0.05, 0) is 35.9 Å². The van der Waals surface area contributed by atoms with Gasteiger partial charge in [0.15, 0.2) is 0 Å². The molecule has 0 bridgehead atoms. The minimum absolute atomic E-state index is 0.0130. The van der Waals surface area contributed by atoms with Crippen LogP contribution in [0.3, 0.4) is 0 Å². The molecule has 4 rings (SSSR count). The molecule has 0 radical (unpaired) electrons. The molecule has 0 fully saturated rings. The first-order valence-electron chi connectivity index (χ1n) is 8.19. The number of carbonyl (C=O) groups is 1. The Morgan fingerprint density at radius 3 is 2.54 bits per heavy atom. The molecule has 128 valence electrons. The molecule has 3 nitrogen and oxygen atoms in total. The van der Waals surface area contributed by atoms with Crippen molar-refractivity contribution in [2.45, 2.75) is 6.42 Å². The molecule has 1 heterocycles. The van der Waals surface area contributed by atoms with Gasteiger partial charge in [0.1, 0.15) is 10.8 Å². The maximum atomic E-state index is 13.8. The van der Waals surface area contributed by atoms with E-state index in [1.165, 1.54) is 6.07 Å². The van der Waals surface area contributed by atoms with Crippen LogP contribution in [0.15, 0.2) is 72.8 Å². The summed E-state index contributed by atoms with van der Waals surface area (Å²) in [5.41, 5.74) is 2.84. The minimum atomic E-state index is -0.373. The van der Waals surface area contributed by atoms with Gasteiger partial charge in [-0.15, -0.1) is 11.3 Å². The third kappa shape index (κ3) is 3.34. The SMILES string of the molecule is O=C(Cc1ccccc1F)Nc1ccccc1-c1nc2ccccc2s1. The van der Waals surface area contributed by atoms with E-state index in [2.05, 4.69) is 10.3 Å². The van der Waals surface area contributed by atoms with E-state index in [0.717, 1.165) is 20.8 Å². The normalized spacial score (nSPS) is 10.8. The van der Waals surface area contributed by atoms with E-state index in [1.54, 1.807) is 29.5 Å². The van der Waals surface area contributed by atoms with Crippen LogP contribution in [-0.2, 0) is 11.2 Å². The number of amides is 1. The highest BCUT2D eigenvalue weighted by atomic mass is 32.1. The molecule has 1 N–H and O–H groups in total. The third-order valence-electron chi connectivity index (χ3n) is 4.03. The van der Waals surface area contributed by atoms with E-state index in [9.17, 15) is 9.18 Å². The van der Waals surface area contributed by atoms with Gasteiger partial charge in [0, 0.05) is 5.56 Å². The molecule has 1 amide bonds. The molecule has 3 aromatic carbocycles. The van der Waals surface area contributed by atoms with Crippen molar-refractivity contribution in [3.05, 3.63) is 84.2 Å². The summed E-state index contributed by atoms with van der Waals surface area (Å²) in [6.45, 7) is 0. The molecule has 0 atom stereocenters. The Labute approximate surface area is 154 Å². The molecular formula is C21H15FN2OS. The zero-order valence-electron chi connectivity index (χ0n) is 13.8. The average Bonchev–Trinajstić information content (AvgIpc) is 3.08. The smallest absolute Gasteiger partial charge is 0.228 e. The number of carbonyl (C=O) groups excluding carboxylic acids is 1. The molecule has 0 aliphatic carbocycles. The number of nitrogens with zero attached hydrogens (tertiary/aromatic N) is 1. The van der Waals surface area contributed by atoms with Crippen LogP contribution >= 0.6 is 11.3 Å². The highest BCUT2D eigenvalue weighted by Gasteiger charge is 2.13. The zero-order valence-corrected chi connectivity index (χ0v) is 14.6. The molecule has 0 spiro atoms. The summed E-state index contributed by atoms with van der Waals surface area (Å²) in [6, 6.07) is 21.8. The fraction of sp³-hybridized carbons (Fsp3) is 0.0476. The summed E-state index contributed by atoms with van der Waals surface area (Å²) < 4.78 is 14.9. The third-order valence-corrected chi connectivity index (χ3v) is 5.10.